The van der Waals surface area contributed by atoms with Crippen LogP contribution in [0.15, 0.2) is 55.0 Å². The van der Waals surface area contributed by atoms with E-state index in [0.29, 0.717) is 24.3 Å². The molecule has 0 saturated heterocycles. The summed E-state index contributed by atoms with van der Waals surface area (Å²) in [4.78, 5) is 16.5. The third-order valence-corrected chi connectivity index (χ3v) is 6.58. The Labute approximate surface area is 196 Å². The summed E-state index contributed by atoms with van der Waals surface area (Å²) in [6.07, 6.45) is 10.4. The van der Waals surface area contributed by atoms with Crippen molar-refractivity contribution in [2.75, 3.05) is 14.1 Å². The maximum atomic E-state index is 9.95. The van der Waals surface area contributed by atoms with Crippen LogP contribution >= 0.6 is 0 Å². The number of hydrogen-bond donors (Lipinski definition) is 3. The summed E-state index contributed by atoms with van der Waals surface area (Å²) in [6.45, 7) is 3.17. The highest BCUT2D eigenvalue weighted by Gasteiger charge is 2.28. The molecule has 2 atom stereocenters. The van der Waals surface area contributed by atoms with Crippen molar-refractivity contribution in [2.24, 2.45) is 0 Å². The van der Waals surface area contributed by atoms with Crippen molar-refractivity contribution in [1.82, 2.24) is 30.1 Å². The number of nitrogens with zero attached hydrogens (tertiary/aromatic N) is 4. The molecule has 0 spiro atoms. The Balaban J connectivity index is 1.29. The lowest BCUT2D eigenvalue weighted by Crippen LogP contribution is -2.50. The molecule has 0 aliphatic heterocycles. The van der Waals surface area contributed by atoms with E-state index in [-0.39, 0.29) is 5.75 Å². The zero-order valence-corrected chi connectivity index (χ0v) is 19.7. The number of aromatic amines is 1. The van der Waals surface area contributed by atoms with Crippen LogP contribution in [0.4, 0.5) is 0 Å². The lowest BCUT2D eigenvalue weighted by atomic mass is 9.89. The number of likely N-dealkylation sites (N-methyl/N-ethyl adjacent to an activating group) is 1. The van der Waals surface area contributed by atoms with Crippen LogP contribution in [-0.2, 0) is 26.2 Å². The summed E-state index contributed by atoms with van der Waals surface area (Å²) in [5, 5.41) is 13.7. The number of rotatable bonds is 10. The van der Waals surface area contributed by atoms with Crippen LogP contribution in [0.1, 0.15) is 48.3 Å². The third kappa shape index (κ3) is 6.63. The fourth-order valence-corrected chi connectivity index (χ4v) is 4.83. The van der Waals surface area contributed by atoms with Gasteiger partial charge in [0.25, 0.3) is 0 Å². The van der Waals surface area contributed by atoms with Crippen molar-refractivity contribution in [3.63, 3.8) is 0 Å². The van der Waals surface area contributed by atoms with E-state index >= 15 is 0 Å². The van der Waals surface area contributed by atoms with Gasteiger partial charge in [0.05, 0.1) is 12.2 Å². The molecule has 33 heavy (non-hydrogen) atoms. The smallest absolute Gasteiger partial charge is 0.138 e. The standard InChI is InChI=1S/C26H36N6O/c1-31(19-23-25(33)8-5-13-27-23)17-20-9-11-21(12-10-20)18-32(2)24-7-4-3-6-22(24)30-16-26-28-14-15-29-26/h5,8-15,22,24,30,33H,3-4,6-7,16-19H2,1-2H3,(H,28,29)/t22-,24+/m0/s1. The van der Waals surface area contributed by atoms with Crippen LogP contribution in [-0.4, -0.2) is 56.0 Å². The highest BCUT2D eigenvalue weighted by molar-refractivity contribution is 5.25. The Morgan fingerprint density at radius 2 is 1.73 bits per heavy atom. The molecule has 1 aliphatic carbocycles. The van der Waals surface area contributed by atoms with Crippen LogP contribution < -0.4 is 5.32 Å². The van der Waals surface area contributed by atoms with E-state index in [4.69, 9.17) is 0 Å². The molecule has 7 nitrogen and oxygen atoms in total. The SMILES string of the molecule is CN(Cc1ccc(CN(C)[C@@H]2CCCC[C@@H]2NCc2ncc[nH]2)cc1)Cc1ncccc1O. The second-order valence-electron chi connectivity index (χ2n) is 9.25. The maximum absolute atomic E-state index is 9.95. The highest BCUT2D eigenvalue weighted by atomic mass is 16.3. The molecule has 0 amide bonds. The molecule has 4 rings (SSSR count). The minimum absolute atomic E-state index is 0.252. The van der Waals surface area contributed by atoms with Gasteiger partial charge in [0, 0.05) is 50.3 Å². The summed E-state index contributed by atoms with van der Waals surface area (Å²) >= 11 is 0. The zero-order valence-electron chi connectivity index (χ0n) is 19.7. The van der Waals surface area contributed by atoms with Gasteiger partial charge in [-0.05, 0) is 50.2 Å². The molecule has 7 heteroatoms. The lowest BCUT2D eigenvalue weighted by molar-refractivity contribution is 0.142. The van der Waals surface area contributed by atoms with Gasteiger partial charge in [-0.25, -0.2) is 4.98 Å². The summed E-state index contributed by atoms with van der Waals surface area (Å²) in [5.74, 6) is 1.25. The van der Waals surface area contributed by atoms with Gasteiger partial charge in [-0.3, -0.25) is 14.8 Å². The first kappa shape index (κ1) is 23.4. The van der Waals surface area contributed by atoms with Gasteiger partial charge < -0.3 is 15.4 Å². The van der Waals surface area contributed by atoms with Gasteiger partial charge in [-0.2, -0.15) is 0 Å². The average molecular weight is 449 g/mol. The van der Waals surface area contributed by atoms with E-state index in [0.717, 1.165) is 25.5 Å². The maximum Gasteiger partial charge on any atom is 0.138 e. The Morgan fingerprint density at radius 3 is 2.45 bits per heavy atom. The quantitative estimate of drug-likeness (QED) is 0.439. The van der Waals surface area contributed by atoms with Gasteiger partial charge in [-0.1, -0.05) is 37.1 Å². The molecule has 3 aromatic rings. The number of hydrogen-bond acceptors (Lipinski definition) is 6. The van der Waals surface area contributed by atoms with Crippen molar-refractivity contribution in [3.05, 3.63) is 77.6 Å². The first-order valence-corrected chi connectivity index (χ1v) is 11.9. The van der Waals surface area contributed by atoms with Gasteiger partial charge in [0.2, 0.25) is 0 Å². The largest absolute Gasteiger partial charge is 0.506 e. The van der Waals surface area contributed by atoms with E-state index in [2.05, 4.69) is 68.4 Å². The summed E-state index contributed by atoms with van der Waals surface area (Å²) in [5.41, 5.74) is 3.30. The molecular formula is C26H36N6O. The molecule has 0 bridgehead atoms. The van der Waals surface area contributed by atoms with Crippen LogP contribution in [0.3, 0.4) is 0 Å². The number of imidazole rings is 1. The summed E-state index contributed by atoms with van der Waals surface area (Å²) < 4.78 is 0. The predicted octanol–water partition coefficient (Wildman–Crippen LogP) is 3.68. The molecule has 2 heterocycles. The monoisotopic (exact) mass is 448 g/mol. The van der Waals surface area contributed by atoms with Gasteiger partial charge in [0.15, 0.2) is 0 Å². The number of H-pyrrole nitrogens is 1. The number of aromatic nitrogens is 3. The van der Waals surface area contributed by atoms with E-state index < -0.39 is 0 Å². The zero-order chi connectivity index (χ0) is 23.0. The van der Waals surface area contributed by atoms with E-state index in [1.54, 1.807) is 18.3 Å². The molecule has 1 fully saturated rings. The van der Waals surface area contributed by atoms with Crippen molar-refractivity contribution in [2.45, 2.75) is 63.9 Å². The van der Waals surface area contributed by atoms with Crippen molar-refractivity contribution in [3.8, 4) is 5.75 Å². The Kier molecular flexibility index (Phi) is 8.10. The first-order chi connectivity index (χ1) is 16.1. The van der Waals surface area contributed by atoms with Gasteiger partial charge in [-0.15, -0.1) is 0 Å². The van der Waals surface area contributed by atoms with E-state index in [9.17, 15) is 5.11 Å². The van der Waals surface area contributed by atoms with Crippen LogP contribution in [0.25, 0.3) is 0 Å². The Morgan fingerprint density at radius 1 is 0.970 bits per heavy atom. The molecule has 0 radical (unpaired) electrons. The molecule has 2 aromatic heterocycles. The normalized spacial score (nSPS) is 18.8. The van der Waals surface area contributed by atoms with E-state index in [1.807, 2.05) is 12.4 Å². The number of pyridine rings is 1. The highest BCUT2D eigenvalue weighted by Crippen LogP contribution is 2.24. The average Bonchev–Trinajstić information content (AvgIpc) is 3.34. The predicted molar refractivity (Wildman–Crippen MR) is 130 cm³/mol. The van der Waals surface area contributed by atoms with Crippen LogP contribution in [0.5, 0.6) is 5.75 Å². The lowest BCUT2D eigenvalue weighted by Gasteiger charge is -2.38. The van der Waals surface area contributed by atoms with Gasteiger partial charge in [0.1, 0.15) is 11.6 Å². The fraction of sp³-hybridized carbons (Fsp3) is 0.462. The molecule has 0 unspecified atom stereocenters. The third-order valence-electron chi connectivity index (χ3n) is 6.58. The summed E-state index contributed by atoms with van der Waals surface area (Å²) in [7, 11) is 4.30. The molecule has 3 N–H and O–H groups in total. The second-order valence-corrected chi connectivity index (χ2v) is 9.25. The number of benzene rings is 1. The van der Waals surface area contributed by atoms with E-state index in [1.165, 1.54) is 36.8 Å². The van der Waals surface area contributed by atoms with Gasteiger partial charge >= 0.3 is 0 Å². The summed E-state index contributed by atoms with van der Waals surface area (Å²) in [6, 6.07) is 13.4. The second kappa shape index (κ2) is 11.4. The Hall–Kier alpha value is -2.74. The Bertz CT molecular complexity index is 975. The van der Waals surface area contributed by atoms with Crippen molar-refractivity contribution in [1.29, 1.82) is 0 Å². The molecular weight excluding hydrogens is 412 g/mol. The first-order valence-electron chi connectivity index (χ1n) is 11.9. The molecule has 1 saturated carbocycles. The minimum atomic E-state index is 0.252. The molecule has 1 aromatic carbocycles. The number of nitrogens with one attached hydrogen (secondary N) is 2. The molecule has 176 valence electrons. The van der Waals surface area contributed by atoms with Crippen molar-refractivity contribution >= 4 is 0 Å². The fourth-order valence-electron chi connectivity index (χ4n) is 4.83. The molecule has 1 aliphatic rings. The van der Waals surface area contributed by atoms with Crippen LogP contribution in [0, 0.1) is 0 Å². The minimum Gasteiger partial charge on any atom is -0.506 e. The van der Waals surface area contributed by atoms with Crippen LogP contribution in [0.2, 0.25) is 0 Å². The topological polar surface area (TPSA) is 80.3 Å². The number of aromatic hydroxyl groups is 1. The van der Waals surface area contributed by atoms with Crippen molar-refractivity contribution < 1.29 is 5.11 Å².